The van der Waals surface area contributed by atoms with Crippen molar-refractivity contribution in [2.75, 3.05) is 0 Å². The van der Waals surface area contributed by atoms with Crippen LogP contribution in [0, 0.1) is 56.7 Å². The molecule has 5 saturated carbocycles. The summed E-state index contributed by atoms with van der Waals surface area (Å²) in [6, 6.07) is 0. The molecule has 5 aliphatic carbocycles. The molecule has 0 aromatic heterocycles. The number of ketones is 1. The van der Waals surface area contributed by atoms with E-state index in [0.717, 1.165) is 31.3 Å². The Labute approximate surface area is 210 Å². The fourth-order valence-electron chi connectivity index (χ4n) is 11.3. The van der Waals surface area contributed by atoms with Gasteiger partial charge in [-0.2, -0.15) is 0 Å². The topological polar surface area (TPSA) is 94.8 Å². The smallest absolute Gasteiger partial charge is 0.310 e. The van der Waals surface area contributed by atoms with E-state index < -0.39 is 39.8 Å². The van der Waals surface area contributed by atoms with E-state index in [1.165, 1.54) is 0 Å². The number of allylic oxidation sites excluding steroid dienone is 1. The molecule has 0 bridgehead atoms. The van der Waals surface area contributed by atoms with Crippen molar-refractivity contribution in [3.63, 3.8) is 0 Å². The standard InChI is InChI=1S/C30H46O5/c1-16(2)17-10-13-30(25(34)35)15-23(33)28(6)18(24(17)30)8-9-19-27(5)12-11-21(31)26(3,4)20(27)14-22(32)29(19,28)7/h17-20,22-24,32-33H,1,8-15H2,2-7H3,(H,34,35)/t17-,18+,19+,20-,22-,23-,24+,27+,28-,29-,30-/m0/s1. The molecule has 0 aromatic carbocycles. The lowest BCUT2D eigenvalue weighted by Crippen LogP contribution is -2.73. The minimum Gasteiger partial charge on any atom is -0.481 e. The molecule has 0 spiro atoms. The van der Waals surface area contributed by atoms with Crippen LogP contribution in [0.4, 0.5) is 0 Å². The Morgan fingerprint density at radius 3 is 2.20 bits per heavy atom. The van der Waals surface area contributed by atoms with Crippen LogP contribution >= 0.6 is 0 Å². The van der Waals surface area contributed by atoms with E-state index >= 15 is 0 Å². The van der Waals surface area contributed by atoms with Gasteiger partial charge in [0, 0.05) is 22.7 Å². The molecule has 5 nitrogen and oxygen atoms in total. The first-order valence-corrected chi connectivity index (χ1v) is 13.9. The van der Waals surface area contributed by atoms with E-state index in [0.29, 0.717) is 25.0 Å². The third kappa shape index (κ3) is 2.78. The Bertz CT molecular complexity index is 970. The van der Waals surface area contributed by atoms with Crippen molar-refractivity contribution in [2.24, 2.45) is 56.7 Å². The number of aliphatic hydroxyl groups excluding tert-OH is 2. The summed E-state index contributed by atoms with van der Waals surface area (Å²) < 4.78 is 0. The zero-order valence-electron chi connectivity index (χ0n) is 22.6. The highest BCUT2D eigenvalue weighted by Crippen LogP contribution is 2.77. The zero-order chi connectivity index (χ0) is 25.9. The van der Waals surface area contributed by atoms with Crippen molar-refractivity contribution in [3.8, 4) is 0 Å². The SMILES string of the molecule is C=C(C)[C@@H]1CC[C@]2(C(=O)O)C[C@H](O)[C@]3(C)[C@H](CC[C@@H]4[C@@]5(C)CCC(=O)C(C)(C)[C@@H]5C[C@H](O)[C@]43C)[C@@H]12. The van der Waals surface area contributed by atoms with Crippen molar-refractivity contribution in [1.82, 2.24) is 0 Å². The van der Waals surface area contributed by atoms with Gasteiger partial charge in [0.2, 0.25) is 0 Å². The first-order valence-electron chi connectivity index (χ1n) is 13.9. The molecule has 0 radical (unpaired) electrons. The molecule has 35 heavy (non-hydrogen) atoms. The highest BCUT2D eigenvalue weighted by atomic mass is 16.4. The lowest BCUT2D eigenvalue weighted by atomic mass is 9.31. The molecule has 0 amide bonds. The largest absolute Gasteiger partial charge is 0.481 e. The van der Waals surface area contributed by atoms with E-state index in [2.05, 4.69) is 41.2 Å². The average Bonchev–Trinajstić information content (AvgIpc) is 3.16. The van der Waals surface area contributed by atoms with Gasteiger partial charge in [0.1, 0.15) is 5.78 Å². The van der Waals surface area contributed by atoms with Gasteiger partial charge in [-0.05, 0) is 86.9 Å². The fraction of sp³-hybridized carbons (Fsp3) is 0.867. The Morgan fingerprint density at radius 1 is 0.943 bits per heavy atom. The fourth-order valence-corrected chi connectivity index (χ4v) is 11.3. The molecular weight excluding hydrogens is 440 g/mol. The van der Waals surface area contributed by atoms with Crippen LogP contribution in [-0.2, 0) is 9.59 Å². The van der Waals surface area contributed by atoms with Gasteiger partial charge in [0.05, 0.1) is 17.6 Å². The molecule has 0 heterocycles. The maximum absolute atomic E-state index is 12.9. The Kier molecular flexibility index (Phi) is 5.40. The number of carbonyl (C=O) groups excluding carboxylic acids is 1. The molecule has 0 aromatic rings. The van der Waals surface area contributed by atoms with Gasteiger partial charge in [-0.25, -0.2) is 0 Å². The van der Waals surface area contributed by atoms with Crippen LogP contribution in [0.15, 0.2) is 12.2 Å². The highest BCUT2D eigenvalue weighted by molar-refractivity contribution is 5.85. The zero-order valence-corrected chi connectivity index (χ0v) is 22.6. The number of carboxylic acid groups (broad SMARTS) is 1. The minimum absolute atomic E-state index is 0.0147. The molecule has 0 aliphatic heterocycles. The van der Waals surface area contributed by atoms with E-state index in [1.54, 1.807) is 0 Å². The van der Waals surface area contributed by atoms with E-state index in [9.17, 15) is 24.9 Å². The summed E-state index contributed by atoms with van der Waals surface area (Å²) in [5, 5.41) is 34.4. The van der Waals surface area contributed by atoms with Gasteiger partial charge in [0.25, 0.3) is 0 Å². The van der Waals surface area contributed by atoms with Crippen LogP contribution in [0.3, 0.4) is 0 Å². The maximum atomic E-state index is 12.9. The molecule has 11 atom stereocenters. The summed E-state index contributed by atoms with van der Waals surface area (Å²) in [4.78, 5) is 25.7. The van der Waals surface area contributed by atoms with Gasteiger partial charge >= 0.3 is 5.97 Å². The predicted molar refractivity (Wildman–Crippen MR) is 134 cm³/mol. The number of carbonyl (C=O) groups is 2. The highest BCUT2D eigenvalue weighted by Gasteiger charge is 2.76. The van der Waals surface area contributed by atoms with Crippen LogP contribution in [0.5, 0.6) is 0 Å². The Balaban J connectivity index is 1.65. The molecule has 0 saturated heterocycles. The van der Waals surface area contributed by atoms with Crippen molar-refractivity contribution < 1.29 is 24.9 Å². The summed E-state index contributed by atoms with van der Waals surface area (Å²) in [7, 11) is 0. The third-order valence-corrected chi connectivity index (χ3v) is 13.4. The van der Waals surface area contributed by atoms with Crippen molar-refractivity contribution in [3.05, 3.63) is 12.2 Å². The van der Waals surface area contributed by atoms with Crippen LogP contribution < -0.4 is 0 Å². The van der Waals surface area contributed by atoms with Crippen LogP contribution in [-0.4, -0.2) is 39.3 Å². The van der Waals surface area contributed by atoms with Gasteiger partial charge in [-0.3, -0.25) is 9.59 Å². The summed E-state index contributed by atoms with van der Waals surface area (Å²) in [6.07, 6.45) is 3.97. The molecule has 5 rings (SSSR count). The summed E-state index contributed by atoms with van der Waals surface area (Å²) >= 11 is 0. The summed E-state index contributed by atoms with van der Waals surface area (Å²) in [6.45, 7) is 17.1. The number of hydrogen-bond acceptors (Lipinski definition) is 4. The average molecular weight is 487 g/mol. The molecule has 5 fully saturated rings. The quantitative estimate of drug-likeness (QED) is 0.464. The molecule has 5 heteroatoms. The van der Waals surface area contributed by atoms with Crippen LogP contribution in [0.1, 0.15) is 92.9 Å². The predicted octanol–water partition coefficient (Wildman–Crippen LogP) is 5.24. The second kappa shape index (κ2) is 7.43. The second-order valence-electron chi connectivity index (χ2n) is 14.5. The number of hydrogen-bond donors (Lipinski definition) is 3. The van der Waals surface area contributed by atoms with Gasteiger partial charge in [-0.15, -0.1) is 0 Å². The number of rotatable bonds is 2. The number of Topliss-reactive ketones (excluding diaryl/α,β-unsaturated/α-hetero) is 1. The van der Waals surface area contributed by atoms with Crippen molar-refractivity contribution in [1.29, 1.82) is 0 Å². The lowest BCUT2D eigenvalue weighted by molar-refractivity contribution is -0.297. The molecular formula is C30H46O5. The Morgan fingerprint density at radius 2 is 1.60 bits per heavy atom. The normalized spacial score (nSPS) is 54.7. The van der Waals surface area contributed by atoms with E-state index in [1.807, 2.05) is 6.92 Å². The van der Waals surface area contributed by atoms with Gasteiger partial charge in [0.15, 0.2) is 0 Å². The molecule has 3 N–H and O–H groups in total. The van der Waals surface area contributed by atoms with Gasteiger partial charge < -0.3 is 15.3 Å². The van der Waals surface area contributed by atoms with Gasteiger partial charge in [-0.1, -0.05) is 46.8 Å². The minimum atomic E-state index is -0.915. The molecule has 0 unspecified atom stereocenters. The first-order chi connectivity index (χ1) is 16.1. The number of fused-ring (bicyclic) bond motifs is 7. The summed E-state index contributed by atoms with van der Waals surface area (Å²) in [5.74, 6) is -0.102. The van der Waals surface area contributed by atoms with Crippen molar-refractivity contribution >= 4 is 11.8 Å². The molecule has 196 valence electrons. The number of aliphatic carboxylic acids is 1. The van der Waals surface area contributed by atoms with E-state index in [4.69, 9.17) is 0 Å². The maximum Gasteiger partial charge on any atom is 0.310 e. The van der Waals surface area contributed by atoms with Crippen LogP contribution in [0.25, 0.3) is 0 Å². The third-order valence-electron chi connectivity index (χ3n) is 13.4. The number of aliphatic hydroxyl groups is 2. The Hall–Kier alpha value is -1.20. The second-order valence-corrected chi connectivity index (χ2v) is 14.5. The molecule has 5 aliphatic rings. The number of carboxylic acids is 1. The van der Waals surface area contributed by atoms with Crippen LogP contribution in [0.2, 0.25) is 0 Å². The monoisotopic (exact) mass is 486 g/mol. The summed E-state index contributed by atoms with van der Waals surface area (Å²) in [5.41, 5.74) is -1.58. The van der Waals surface area contributed by atoms with Crippen molar-refractivity contribution in [2.45, 2.75) is 105 Å². The lowest BCUT2D eigenvalue weighted by Gasteiger charge is -2.74. The first kappa shape index (κ1) is 25.4. The van der Waals surface area contributed by atoms with E-state index in [-0.39, 0.29) is 41.4 Å².